The van der Waals surface area contributed by atoms with Gasteiger partial charge in [0.25, 0.3) is 5.91 Å². The molecule has 0 spiro atoms. The Morgan fingerprint density at radius 3 is 2.72 bits per heavy atom. The molecule has 2 N–H and O–H groups in total. The standard InChI is InChI=1S/C12H14FNO4/c1-8(12(16)17)18-7-6-14-11(15)9-4-2-3-5-10(9)13/h2-5,8H,6-7H2,1H3,(H,14,15)(H,16,17). The largest absolute Gasteiger partial charge is 0.479 e. The van der Waals surface area contributed by atoms with Gasteiger partial charge in [-0.2, -0.15) is 0 Å². The van der Waals surface area contributed by atoms with Crippen LogP contribution in [0.5, 0.6) is 0 Å². The van der Waals surface area contributed by atoms with Crippen LogP contribution in [0.1, 0.15) is 17.3 Å². The third-order valence-corrected chi connectivity index (χ3v) is 2.22. The van der Waals surface area contributed by atoms with E-state index in [0.717, 1.165) is 0 Å². The SMILES string of the molecule is CC(OCCNC(=O)c1ccccc1F)C(=O)O. The van der Waals surface area contributed by atoms with Crippen LogP contribution in [0.4, 0.5) is 4.39 Å². The minimum absolute atomic E-state index is 0.0493. The molecule has 0 aliphatic carbocycles. The summed E-state index contributed by atoms with van der Waals surface area (Å²) in [6.07, 6.45) is -0.935. The molecule has 1 aromatic carbocycles. The number of amides is 1. The third kappa shape index (κ3) is 4.14. The van der Waals surface area contributed by atoms with Crippen LogP contribution in [0, 0.1) is 5.82 Å². The lowest BCUT2D eigenvalue weighted by Gasteiger charge is -2.09. The number of benzene rings is 1. The Bertz CT molecular complexity index is 436. The highest BCUT2D eigenvalue weighted by Crippen LogP contribution is 2.05. The molecule has 1 aromatic rings. The number of aliphatic carboxylic acids is 1. The number of carboxylic acid groups (broad SMARTS) is 1. The molecule has 6 heteroatoms. The molecule has 0 saturated heterocycles. The van der Waals surface area contributed by atoms with E-state index in [-0.39, 0.29) is 18.7 Å². The highest BCUT2D eigenvalue weighted by atomic mass is 19.1. The van der Waals surface area contributed by atoms with Crippen LogP contribution in [0.15, 0.2) is 24.3 Å². The summed E-state index contributed by atoms with van der Waals surface area (Å²) in [4.78, 5) is 22.0. The van der Waals surface area contributed by atoms with Crippen LogP contribution < -0.4 is 5.32 Å². The first-order chi connectivity index (χ1) is 8.52. The molecule has 0 heterocycles. The van der Waals surface area contributed by atoms with Crippen molar-refractivity contribution in [2.45, 2.75) is 13.0 Å². The van der Waals surface area contributed by atoms with E-state index >= 15 is 0 Å². The lowest BCUT2D eigenvalue weighted by atomic mass is 10.2. The van der Waals surface area contributed by atoms with Gasteiger partial charge < -0.3 is 15.2 Å². The Labute approximate surface area is 104 Å². The van der Waals surface area contributed by atoms with Gasteiger partial charge in [-0.3, -0.25) is 4.79 Å². The van der Waals surface area contributed by atoms with Crippen LogP contribution in [0.3, 0.4) is 0 Å². The predicted octanol–water partition coefficient (Wildman–Crippen LogP) is 1.05. The van der Waals surface area contributed by atoms with Crippen molar-refractivity contribution in [3.8, 4) is 0 Å². The van der Waals surface area contributed by atoms with E-state index in [1.807, 2.05) is 0 Å². The van der Waals surface area contributed by atoms with Gasteiger partial charge in [-0.25, -0.2) is 9.18 Å². The molecular weight excluding hydrogens is 241 g/mol. The maximum atomic E-state index is 13.2. The van der Waals surface area contributed by atoms with Crippen LogP contribution >= 0.6 is 0 Å². The van der Waals surface area contributed by atoms with Gasteiger partial charge in [0.2, 0.25) is 0 Å². The Kier molecular flexibility index (Phi) is 5.26. The minimum atomic E-state index is -1.07. The number of carbonyl (C=O) groups is 2. The number of hydrogen-bond donors (Lipinski definition) is 2. The Hall–Kier alpha value is -1.95. The van der Waals surface area contributed by atoms with E-state index in [1.165, 1.54) is 25.1 Å². The van der Waals surface area contributed by atoms with Crippen molar-refractivity contribution in [1.29, 1.82) is 0 Å². The van der Waals surface area contributed by atoms with Gasteiger partial charge >= 0.3 is 5.97 Å². The Morgan fingerprint density at radius 2 is 2.11 bits per heavy atom. The first-order valence-corrected chi connectivity index (χ1v) is 5.39. The highest BCUT2D eigenvalue weighted by Gasteiger charge is 2.12. The monoisotopic (exact) mass is 255 g/mol. The van der Waals surface area contributed by atoms with Gasteiger partial charge in [-0.05, 0) is 19.1 Å². The first-order valence-electron chi connectivity index (χ1n) is 5.39. The smallest absolute Gasteiger partial charge is 0.332 e. The van der Waals surface area contributed by atoms with Crippen LogP contribution in [-0.2, 0) is 9.53 Å². The Morgan fingerprint density at radius 1 is 1.44 bits per heavy atom. The van der Waals surface area contributed by atoms with Gasteiger partial charge in [0, 0.05) is 6.54 Å². The molecule has 1 amide bonds. The molecule has 0 aromatic heterocycles. The average molecular weight is 255 g/mol. The van der Waals surface area contributed by atoms with Crippen LogP contribution in [0.25, 0.3) is 0 Å². The minimum Gasteiger partial charge on any atom is -0.479 e. The Balaban J connectivity index is 2.34. The number of ether oxygens (including phenoxy) is 1. The maximum absolute atomic E-state index is 13.2. The molecule has 0 bridgehead atoms. The molecule has 0 fully saturated rings. The summed E-state index contributed by atoms with van der Waals surface area (Å²) in [7, 11) is 0. The molecule has 1 unspecified atom stereocenters. The summed E-state index contributed by atoms with van der Waals surface area (Å²) < 4.78 is 18.1. The second-order valence-corrected chi connectivity index (χ2v) is 3.59. The van der Waals surface area contributed by atoms with E-state index < -0.39 is 23.8 Å². The van der Waals surface area contributed by atoms with Crippen molar-refractivity contribution in [2.24, 2.45) is 0 Å². The normalized spacial score (nSPS) is 11.9. The van der Waals surface area contributed by atoms with E-state index in [9.17, 15) is 14.0 Å². The van der Waals surface area contributed by atoms with Gasteiger partial charge in [0.1, 0.15) is 5.82 Å². The highest BCUT2D eigenvalue weighted by molar-refractivity contribution is 5.94. The molecule has 1 rings (SSSR count). The van der Waals surface area contributed by atoms with Gasteiger partial charge in [-0.15, -0.1) is 0 Å². The second kappa shape index (κ2) is 6.70. The number of nitrogens with one attached hydrogen (secondary N) is 1. The zero-order valence-electron chi connectivity index (χ0n) is 9.85. The first kappa shape index (κ1) is 14.1. The summed E-state index contributed by atoms with van der Waals surface area (Å²) >= 11 is 0. The lowest BCUT2D eigenvalue weighted by Crippen LogP contribution is -2.30. The van der Waals surface area contributed by atoms with E-state index in [1.54, 1.807) is 6.07 Å². The van der Waals surface area contributed by atoms with Crippen molar-refractivity contribution >= 4 is 11.9 Å². The molecule has 0 radical (unpaired) electrons. The van der Waals surface area contributed by atoms with Crippen molar-refractivity contribution in [2.75, 3.05) is 13.2 Å². The number of hydrogen-bond acceptors (Lipinski definition) is 3. The van der Waals surface area contributed by atoms with Gasteiger partial charge in [0.15, 0.2) is 6.10 Å². The quantitative estimate of drug-likeness (QED) is 0.745. The molecule has 0 aliphatic heterocycles. The average Bonchev–Trinajstić information content (AvgIpc) is 2.34. The second-order valence-electron chi connectivity index (χ2n) is 3.59. The predicted molar refractivity (Wildman–Crippen MR) is 61.8 cm³/mol. The van der Waals surface area contributed by atoms with Crippen molar-refractivity contribution < 1.29 is 23.8 Å². The molecular formula is C12H14FNO4. The summed E-state index contributed by atoms with van der Waals surface area (Å²) in [5, 5.41) is 11.0. The van der Waals surface area contributed by atoms with E-state index in [2.05, 4.69) is 5.32 Å². The summed E-state index contributed by atoms with van der Waals surface area (Å²) in [6.45, 7) is 1.56. The fourth-order valence-corrected chi connectivity index (χ4v) is 1.21. The van der Waals surface area contributed by atoms with E-state index in [0.29, 0.717) is 0 Å². The van der Waals surface area contributed by atoms with Gasteiger partial charge in [-0.1, -0.05) is 12.1 Å². The topological polar surface area (TPSA) is 75.6 Å². The number of carboxylic acids is 1. The molecule has 1 atom stereocenters. The summed E-state index contributed by atoms with van der Waals surface area (Å²) in [5.41, 5.74) is -0.0521. The third-order valence-electron chi connectivity index (χ3n) is 2.22. The van der Waals surface area contributed by atoms with Crippen LogP contribution in [-0.4, -0.2) is 36.2 Å². The number of halogens is 1. The molecule has 0 aliphatic rings. The summed E-state index contributed by atoms with van der Waals surface area (Å²) in [6, 6.07) is 5.61. The van der Waals surface area contributed by atoms with Gasteiger partial charge in [0.05, 0.1) is 12.2 Å². The maximum Gasteiger partial charge on any atom is 0.332 e. The van der Waals surface area contributed by atoms with Crippen LogP contribution in [0.2, 0.25) is 0 Å². The number of rotatable bonds is 6. The lowest BCUT2D eigenvalue weighted by molar-refractivity contribution is -0.148. The zero-order chi connectivity index (χ0) is 13.5. The molecule has 18 heavy (non-hydrogen) atoms. The fraction of sp³-hybridized carbons (Fsp3) is 0.333. The zero-order valence-corrected chi connectivity index (χ0v) is 9.85. The fourth-order valence-electron chi connectivity index (χ4n) is 1.21. The van der Waals surface area contributed by atoms with Crippen molar-refractivity contribution in [3.05, 3.63) is 35.6 Å². The molecule has 5 nitrogen and oxygen atoms in total. The molecule has 98 valence electrons. The van der Waals surface area contributed by atoms with Crippen molar-refractivity contribution in [3.63, 3.8) is 0 Å². The van der Waals surface area contributed by atoms with E-state index in [4.69, 9.17) is 9.84 Å². The molecule has 0 saturated carbocycles. The van der Waals surface area contributed by atoms with Crippen molar-refractivity contribution in [1.82, 2.24) is 5.32 Å². The summed E-state index contributed by atoms with van der Waals surface area (Å²) in [5.74, 6) is -2.23. The number of carbonyl (C=O) groups excluding carboxylic acids is 1.